The average Bonchev–Trinajstić information content (AvgIpc) is 3.49. The molecule has 4 heterocycles. The Morgan fingerprint density at radius 2 is 1.97 bits per heavy atom. The third-order valence-corrected chi connectivity index (χ3v) is 6.16. The summed E-state index contributed by atoms with van der Waals surface area (Å²) >= 11 is 0. The Balaban J connectivity index is 1.47. The van der Waals surface area contributed by atoms with Crippen LogP contribution in [0.3, 0.4) is 0 Å². The van der Waals surface area contributed by atoms with Crippen molar-refractivity contribution in [3.05, 3.63) is 94.8 Å². The standard InChI is InChI=1S/C29H27FN6/c1-4-31-13-20-10-22(15-32-14-20)18(2)8-9-26-19(3)29(36-35-26)27-12-24-25(16-33-17-28(24)34-27)21-6-5-7-23(30)11-21/h5-12,14-17,31,34-35H,3-4,13H2,1-2H3/b18-8+,26-9+. The molecule has 36 heavy (non-hydrogen) atoms. The lowest BCUT2D eigenvalue weighted by Gasteiger charge is -2.05. The van der Waals surface area contributed by atoms with Crippen molar-refractivity contribution in [2.45, 2.75) is 20.4 Å². The van der Waals surface area contributed by atoms with E-state index in [1.807, 2.05) is 36.7 Å². The van der Waals surface area contributed by atoms with E-state index in [2.05, 4.69) is 57.0 Å². The van der Waals surface area contributed by atoms with Gasteiger partial charge >= 0.3 is 0 Å². The number of fused-ring (bicyclic) bond motifs is 1. The number of allylic oxidation sites excluding steroid dienone is 2. The van der Waals surface area contributed by atoms with Crippen LogP contribution in [-0.2, 0) is 6.54 Å². The Morgan fingerprint density at radius 1 is 1.11 bits per heavy atom. The molecule has 7 heteroatoms. The molecule has 0 saturated heterocycles. The summed E-state index contributed by atoms with van der Waals surface area (Å²) in [7, 11) is 0. The van der Waals surface area contributed by atoms with Crippen molar-refractivity contribution in [3.8, 4) is 22.5 Å². The number of pyridine rings is 2. The van der Waals surface area contributed by atoms with Crippen molar-refractivity contribution in [3.63, 3.8) is 0 Å². The second-order valence-corrected chi connectivity index (χ2v) is 8.68. The Labute approximate surface area is 208 Å². The second-order valence-electron chi connectivity index (χ2n) is 8.68. The molecule has 0 spiro atoms. The van der Waals surface area contributed by atoms with Crippen LogP contribution in [0, 0.1) is 5.82 Å². The predicted octanol–water partition coefficient (Wildman–Crippen LogP) is 4.56. The zero-order chi connectivity index (χ0) is 25.1. The zero-order valence-corrected chi connectivity index (χ0v) is 20.3. The quantitative estimate of drug-likeness (QED) is 0.320. The fourth-order valence-corrected chi connectivity index (χ4v) is 4.18. The molecule has 0 aliphatic rings. The Kier molecular flexibility index (Phi) is 6.56. The largest absolute Gasteiger partial charge is 0.352 e. The predicted molar refractivity (Wildman–Crippen MR) is 144 cm³/mol. The van der Waals surface area contributed by atoms with E-state index in [0.29, 0.717) is 0 Å². The summed E-state index contributed by atoms with van der Waals surface area (Å²) in [6.07, 6.45) is 11.3. The van der Waals surface area contributed by atoms with Gasteiger partial charge in [-0.3, -0.25) is 15.1 Å². The Hall–Kier alpha value is -4.36. The van der Waals surface area contributed by atoms with Crippen LogP contribution < -0.4 is 15.9 Å². The number of rotatable bonds is 7. The van der Waals surface area contributed by atoms with E-state index < -0.39 is 0 Å². The van der Waals surface area contributed by atoms with Gasteiger partial charge < -0.3 is 10.3 Å². The molecule has 0 aliphatic carbocycles. The van der Waals surface area contributed by atoms with Gasteiger partial charge in [-0.2, -0.15) is 5.10 Å². The molecule has 5 aromatic rings. The van der Waals surface area contributed by atoms with Crippen molar-refractivity contribution in [2.24, 2.45) is 0 Å². The summed E-state index contributed by atoms with van der Waals surface area (Å²) < 4.78 is 13.8. The first kappa shape index (κ1) is 23.4. The van der Waals surface area contributed by atoms with Crippen LogP contribution in [0.15, 0.2) is 67.3 Å². The number of aromatic amines is 2. The summed E-state index contributed by atoms with van der Waals surface area (Å²) in [4.78, 5) is 12.1. The summed E-state index contributed by atoms with van der Waals surface area (Å²) in [5.41, 5.74) is 7.32. The number of benzene rings is 1. The first-order valence-electron chi connectivity index (χ1n) is 11.8. The third kappa shape index (κ3) is 4.74. The lowest BCUT2D eigenvalue weighted by molar-refractivity contribution is 0.628. The van der Waals surface area contributed by atoms with Crippen LogP contribution in [-0.4, -0.2) is 31.7 Å². The number of halogens is 1. The van der Waals surface area contributed by atoms with E-state index in [4.69, 9.17) is 0 Å². The summed E-state index contributed by atoms with van der Waals surface area (Å²) in [5, 5.41) is 13.5. The molecule has 0 saturated carbocycles. The average molecular weight is 479 g/mol. The summed E-state index contributed by atoms with van der Waals surface area (Å²) in [6.45, 7) is 10.1. The van der Waals surface area contributed by atoms with Gasteiger partial charge in [-0.05, 0) is 66.1 Å². The smallest absolute Gasteiger partial charge is 0.123 e. The van der Waals surface area contributed by atoms with Crippen LogP contribution in [0.5, 0.6) is 0 Å². The number of nitrogens with zero attached hydrogens (tertiary/aromatic N) is 3. The van der Waals surface area contributed by atoms with Gasteiger partial charge in [0.1, 0.15) is 11.5 Å². The minimum Gasteiger partial charge on any atom is -0.352 e. The van der Waals surface area contributed by atoms with E-state index >= 15 is 0 Å². The van der Waals surface area contributed by atoms with Crippen LogP contribution >= 0.6 is 0 Å². The minimum absolute atomic E-state index is 0.281. The van der Waals surface area contributed by atoms with Crippen LogP contribution in [0.1, 0.15) is 25.0 Å². The maximum atomic E-state index is 13.8. The molecule has 6 nitrogen and oxygen atoms in total. The fourth-order valence-electron chi connectivity index (χ4n) is 4.18. The maximum absolute atomic E-state index is 13.8. The van der Waals surface area contributed by atoms with E-state index in [9.17, 15) is 4.39 Å². The normalized spacial score (nSPS) is 12.5. The van der Waals surface area contributed by atoms with Crippen LogP contribution in [0.25, 0.3) is 51.6 Å². The molecule has 1 aromatic carbocycles. The molecule has 180 valence electrons. The molecule has 0 amide bonds. The van der Waals surface area contributed by atoms with Crippen LogP contribution in [0.4, 0.5) is 4.39 Å². The Bertz CT molecular complexity index is 1680. The highest BCUT2D eigenvalue weighted by atomic mass is 19.1. The molecule has 0 atom stereocenters. The van der Waals surface area contributed by atoms with E-state index in [1.165, 1.54) is 12.1 Å². The van der Waals surface area contributed by atoms with Gasteiger partial charge in [0, 0.05) is 41.3 Å². The molecule has 0 aliphatic heterocycles. The van der Waals surface area contributed by atoms with Gasteiger partial charge in [-0.1, -0.05) is 31.7 Å². The van der Waals surface area contributed by atoms with Gasteiger partial charge in [-0.15, -0.1) is 0 Å². The van der Waals surface area contributed by atoms with Crippen molar-refractivity contribution in [2.75, 3.05) is 6.54 Å². The lowest BCUT2D eigenvalue weighted by atomic mass is 10.0. The van der Waals surface area contributed by atoms with Gasteiger partial charge in [0.25, 0.3) is 0 Å². The van der Waals surface area contributed by atoms with Crippen molar-refractivity contribution < 1.29 is 4.39 Å². The number of aromatic nitrogens is 5. The zero-order valence-electron chi connectivity index (χ0n) is 20.3. The number of hydrogen-bond acceptors (Lipinski definition) is 4. The van der Waals surface area contributed by atoms with Gasteiger partial charge in [-0.25, -0.2) is 4.39 Å². The van der Waals surface area contributed by atoms with Gasteiger partial charge in [0.05, 0.1) is 22.8 Å². The number of nitrogens with one attached hydrogen (secondary N) is 3. The highest BCUT2D eigenvalue weighted by Crippen LogP contribution is 2.30. The molecule has 0 radical (unpaired) electrons. The van der Waals surface area contributed by atoms with E-state index in [1.54, 1.807) is 18.5 Å². The van der Waals surface area contributed by atoms with Crippen molar-refractivity contribution in [1.82, 2.24) is 30.5 Å². The molecule has 0 unspecified atom stereocenters. The maximum Gasteiger partial charge on any atom is 0.123 e. The lowest BCUT2D eigenvalue weighted by Crippen LogP contribution is -2.21. The summed E-state index contributed by atoms with van der Waals surface area (Å²) in [5.74, 6) is -0.281. The molecule has 0 bridgehead atoms. The molecular formula is C29H27FN6. The van der Waals surface area contributed by atoms with Gasteiger partial charge in [0.2, 0.25) is 0 Å². The minimum atomic E-state index is -0.281. The topological polar surface area (TPSA) is 82.3 Å². The summed E-state index contributed by atoms with van der Waals surface area (Å²) in [6, 6.07) is 10.7. The molecule has 0 fully saturated rings. The first-order valence-corrected chi connectivity index (χ1v) is 11.8. The first-order chi connectivity index (χ1) is 17.5. The fraction of sp³-hybridized carbons (Fsp3) is 0.138. The molecular weight excluding hydrogens is 451 g/mol. The molecule has 4 aromatic heterocycles. The van der Waals surface area contributed by atoms with Crippen molar-refractivity contribution >= 4 is 29.1 Å². The monoisotopic (exact) mass is 478 g/mol. The second kappa shape index (κ2) is 10.1. The van der Waals surface area contributed by atoms with E-state index in [0.717, 1.165) is 73.8 Å². The third-order valence-electron chi connectivity index (χ3n) is 6.16. The van der Waals surface area contributed by atoms with Crippen LogP contribution in [0.2, 0.25) is 0 Å². The van der Waals surface area contributed by atoms with Gasteiger partial charge in [0.15, 0.2) is 0 Å². The highest BCUT2D eigenvalue weighted by molar-refractivity contribution is 5.97. The number of hydrogen-bond donors (Lipinski definition) is 3. The SMILES string of the molecule is C=c1c(-c2cc3c(-c4cccc(F)c4)cncc3[nH]2)n[nH]/c1=C/C=C(\C)c1cncc(CNCC)c1. The Morgan fingerprint density at radius 3 is 2.81 bits per heavy atom. The molecule has 5 rings (SSSR count). The highest BCUT2D eigenvalue weighted by Gasteiger charge is 2.12. The van der Waals surface area contributed by atoms with E-state index in [-0.39, 0.29) is 5.82 Å². The number of H-pyrrole nitrogens is 2. The molecule has 3 N–H and O–H groups in total. The van der Waals surface area contributed by atoms with Crippen molar-refractivity contribution in [1.29, 1.82) is 0 Å².